The second kappa shape index (κ2) is 8.77. The summed E-state index contributed by atoms with van der Waals surface area (Å²) < 4.78 is 15.1. The van der Waals surface area contributed by atoms with Crippen LogP contribution in [0.5, 0.6) is 11.5 Å². The van der Waals surface area contributed by atoms with E-state index in [0.717, 1.165) is 0 Å². The molecule has 0 bridgehead atoms. The van der Waals surface area contributed by atoms with Crippen molar-refractivity contribution in [3.63, 3.8) is 0 Å². The number of nitriles is 1. The molecule has 1 rings (SSSR count). The van der Waals surface area contributed by atoms with Gasteiger partial charge in [-0.3, -0.25) is 4.79 Å². The van der Waals surface area contributed by atoms with E-state index in [0.29, 0.717) is 11.5 Å². The summed E-state index contributed by atoms with van der Waals surface area (Å²) in [7, 11) is 1.55. The molecule has 1 amide bonds. The minimum Gasteiger partial charge on any atom is -0.497 e. The second-order valence-corrected chi connectivity index (χ2v) is 5.64. The number of amides is 1. The van der Waals surface area contributed by atoms with E-state index in [4.69, 9.17) is 19.5 Å². The summed E-state index contributed by atoms with van der Waals surface area (Å²) in [5, 5.41) is 11.7. The van der Waals surface area contributed by atoms with Crippen LogP contribution < -0.4 is 14.8 Å². The number of carbonyl (C=O) groups is 2. The van der Waals surface area contributed by atoms with Crippen molar-refractivity contribution in [3.05, 3.63) is 24.3 Å². The second-order valence-electron chi connectivity index (χ2n) is 5.64. The van der Waals surface area contributed by atoms with E-state index in [2.05, 4.69) is 5.32 Å². The van der Waals surface area contributed by atoms with Crippen molar-refractivity contribution in [3.8, 4) is 17.6 Å². The fourth-order valence-electron chi connectivity index (χ4n) is 1.63. The highest BCUT2D eigenvalue weighted by Crippen LogP contribution is 2.17. The first kappa shape index (κ1) is 19.3. The maximum absolute atomic E-state index is 11.8. The Bertz CT molecular complexity index is 606. The van der Waals surface area contributed by atoms with Crippen LogP contribution in [-0.2, 0) is 14.3 Å². The smallest absolute Gasteiger partial charge is 0.344 e. The molecule has 0 spiro atoms. The van der Waals surface area contributed by atoms with Crippen LogP contribution in [0.1, 0.15) is 20.8 Å². The Morgan fingerprint density at radius 1 is 1.21 bits per heavy atom. The highest BCUT2D eigenvalue weighted by molar-refractivity contribution is 5.81. The van der Waals surface area contributed by atoms with E-state index >= 15 is 0 Å². The van der Waals surface area contributed by atoms with Gasteiger partial charge in [0.15, 0.2) is 13.2 Å². The Morgan fingerprint density at radius 3 is 2.29 bits per heavy atom. The molecule has 0 heterocycles. The number of ether oxygens (including phenoxy) is 3. The van der Waals surface area contributed by atoms with E-state index in [1.165, 1.54) is 0 Å². The average Bonchev–Trinajstić information content (AvgIpc) is 2.58. The van der Waals surface area contributed by atoms with Gasteiger partial charge in [-0.25, -0.2) is 4.79 Å². The molecule has 7 nitrogen and oxygen atoms in total. The number of hydrogen-bond acceptors (Lipinski definition) is 6. The van der Waals surface area contributed by atoms with E-state index in [9.17, 15) is 9.59 Å². The summed E-state index contributed by atoms with van der Waals surface area (Å²) in [6, 6.07) is 8.74. The standard InChI is InChI=1S/C17H22N2O5/c1-12(2)17(3,11-18)19-15(20)9-24-16(21)10-23-14-7-5-13(22-4)6-8-14/h5-8,12H,9-10H2,1-4H3,(H,19,20). The largest absolute Gasteiger partial charge is 0.497 e. The summed E-state index contributed by atoms with van der Waals surface area (Å²) in [6.45, 7) is 4.47. The predicted octanol–water partition coefficient (Wildman–Crippen LogP) is 1.67. The van der Waals surface area contributed by atoms with Crippen LogP contribution in [-0.4, -0.2) is 37.7 Å². The number of hydrogen-bond donors (Lipinski definition) is 1. The van der Waals surface area contributed by atoms with Gasteiger partial charge >= 0.3 is 5.97 Å². The van der Waals surface area contributed by atoms with Gasteiger partial charge in [0.25, 0.3) is 5.91 Å². The number of nitrogens with one attached hydrogen (secondary N) is 1. The van der Waals surface area contributed by atoms with Gasteiger partial charge in [-0.15, -0.1) is 0 Å². The lowest BCUT2D eigenvalue weighted by Crippen LogP contribution is -2.50. The third-order valence-electron chi connectivity index (χ3n) is 3.57. The van der Waals surface area contributed by atoms with E-state index < -0.39 is 24.0 Å². The Morgan fingerprint density at radius 2 is 1.79 bits per heavy atom. The molecule has 1 N–H and O–H groups in total. The van der Waals surface area contributed by atoms with Gasteiger partial charge in [-0.1, -0.05) is 13.8 Å². The fraction of sp³-hybridized carbons (Fsp3) is 0.471. The molecule has 0 aliphatic carbocycles. The molecular weight excluding hydrogens is 312 g/mol. The minimum atomic E-state index is -1.01. The number of methoxy groups -OCH3 is 1. The van der Waals surface area contributed by atoms with Crippen LogP contribution in [0.15, 0.2) is 24.3 Å². The number of nitrogens with zero attached hydrogens (tertiary/aromatic N) is 1. The molecule has 0 aliphatic heterocycles. The van der Waals surface area contributed by atoms with Gasteiger partial charge in [-0.2, -0.15) is 5.26 Å². The summed E-state index contributed by atoms with van der Waals surface area (Å²) in [6.07, 6.45) is 0. The average molecular weight is 334 g/mol. The highest BCUT2D eigenvalue weighted by atomic mass is 16.6. The summed E-state index contributed by atoms with van der Waals surface area (Å²) in [5.41, 5.74) is -1.01. The van der Waals surface area contributed by atoms with Crippen molar-refractivity contribution < 1.29 is 23.8 Å². The minimum absolute atomic E-state index is 0.0828. The van der Waals surface area contributed by atoms with Gasteiger partial charge in [0, 0.05) is 0 Å². The van der Waals surface area contributed by atoms with Crippen LogP contribution in [0.25, 0.3) is 0 Å². The SMILES string of the molecule is COc1ccc(OCC(=O)OCC(=O)NC(C)(C#N)C(C)C)cc1. The van der Waals surface area contributed by atoms with Crippen LogP contribution in [0.2, 0.25) is 0 Å². The van der Waals surface area contributed by atoms with E-state index in [1.54, 1.807) is 38.3 Å². The molecule has 24 heavy (non-hydrogen) atoms. The Balaban J connectivity index is 2.37. The lowest BCUT2D eigenvalue weighted by atomic mass is 9.90. The van der Waals surface area contributed by atoms with Crippen LogP contribution >= 0.6 is 0 Å². The zero-order valence-corrected chi connectivity index (χ0v) is 14.3. The molecule has 7 heteroatoms. The first-order chi connectivity index (χ1) is 11.3. The molecule has 1 unspecified atom stereocenters. The Hall–Kier alpha value is -2.75. The molecule has 0 aromatic heterocycles. The van der Waals surface area contributed by atoms with Gasteiger partial charge in [0.1, 0.15) is 17.0 Å². The highest BCUT2D eigenvalue weighted by Gasteiger charge is 2.30. The Labute approximate surface area is 141 Å². The number of esters is 1. The summed E-state index contributed by atoms with van der Waals surface area (Å²) >= 11 is 0. The van der Waals surface area contributed by atoms with Crippen molar-refractivity contribution in [2.45, 2.75) is 26.3 Å². The molecular formula is C17H22N2O5. The van der Waals surface area contributed by atoms with Crippen molar-refractivity contribution in [1.82, 2.24) is 5.32 Å². The van der Waals surface area contributed by atoms with Crippen molar-refractivity contribution in [2.24, 2.45) is 5.92 Å². The van der Waals surface area contributed by atoms with Crippen LogP contribution in [0.4, 0.5) is 0 Å². The molecule has 1 atom stereocenters. The quantitative estimate of drug-likeness (QED) is 0.726. The molecule has 0 saturated carbocycles. The molecule has 0 radical (unpaired) electrons. The van der Waals surface area contributed by atoms with Crippen molar-refractivity contribution in [2.75, 3.05) is 20.3 Å². The lowest BCUT2D eigenvalue weighted by Gasteiger charge is -2.27. The van der Waals surface area contributed by atoms with Gasteiger partial charge < -0.3 is 19.5 Å². The first-order valence-corrected chi connectivity index (χ1v) is 7.45. The van der Waals surface area contributed by atoms with Gasteiger partial charge in [0.05, 0.1) is 13.2 Å². The number of carbonyl (C=O) groups excluding carboxylic acids is 2. The maximum Gasteiger partial charge on any atom is 0.344 e. The molecule has 1 aromatic rings. The molecule has 0 fully saturated rings. The number of benzene rings is 1. The zero-order valence-electron chi connectivity index (χ0n) is 14.3. The maximum atomic E-state index is 11.8. The van der Waals surface area contributed by atoms with Crippen molar-refractivity contribution in [1.29, 1.82) is 5.26 Å². The summed E-state index contributed by atoms with van der Waals surface area (Å²) in [5.74, 6) is -0.142. The molecule has 0 saturated heterocycles. The third kappa shape index (κ3) is 5.80. The first-order valence-electron chi connectivity index (χ1n) is 7.45. The molecule has 130 valence electrons. The van der Waals surface area contributed by atoms with Gasteiger partial charge in [-0.05, 0) is 37.1 Å². The molecule has 1 aromatic carbocycles. The number of rotatable bonds is 8. The molecule has 0 aliphatic rings. The monoisotopic (exact) mass is 334 g/mol. The zero-order chi connectivity index (χ0) is 18.2. The van der Waals surface area contributed by atoms with Crippen molar-refractivity contribution >= 4 is 11.9 Å². The van der Waals surface area contributed by atoms with E-state index in [-0.39, 0.29) is 12.5 Å². The van der Waals surface area contributed by atoms with Crippen LogP contribution in [0, 0.1) is 17.2 Å². The lowest BCUT2D eigenvalue weighted by molar-refractivity contribution is -0.150. The fourth-order valence-corrected chi connectivity index (χ4v) is 1.63. The van der Waals surface area contributed by atoms with E-state index in [1.807, 2.05) is 19.9 Å². The van der Waals surface area contributed by atoms with Gasteiger partial charge in [0.2, 0.25) is 0 Å². The predicted molar refractivity (Wildman–Crippen MR) is 86.4 cm³/mol. The third-order valence-corrected chi connectivity index (χ3v) is 3.57. The topological polar surface area (TPSA) is 97.7 Å². The summed E-state index contributed by atoms with van der Waals surface area (Å²) in [4.78, 5) is 23.4. The van der Waals surface area contributed by atoms with Crippen LogP contribution in [0.3, 0.4) is 0 Å². The Kier molecular flexibility index (Phi) is 7.05. The normalized spacial score (nSPS) is 12.7.